The lowest BCUT2D eigenvalue weighted by molar-refractivity contribution is -0.146. The minimum Gasteiger partial charge on any atom is -0.481 e. The van der Waals surface area contributed by atoms with Crippen LogP contribution in [-0.4, -0.2) is 47.7 Å². The highest BCUT2D eigenvalue weighted by molar-refractivity contribution is 5.82. The molecule has 3 rings (SSSR count). The minimum absolute atomic E-state index is 0.156. The summed E-state index contributed by atoms with van der Waals surface area (Å²) in [6.07, 6.45) is 4.30. The van der Waals surface area contributed by atoms with Gasteiger partial charge < -0.3 is 14.7 Å². The first-order chi connectivity index (χ1) is 10.5. The fourth-order valence-electron chi connectivity index (χ4n) is 4.19. The largest absolute Gasteiger partial charge is 0.481 e. The first-order valence-electron chi connectivity index (χ1n) is 8.59. The van der Waals surface area contributed by atoms with Crippen LogP contribution in [0.25, 0.3) is 0 Å². The van der Waals surface area contributed by atoms with Crippen LogP contribution in [0, 0.1) is 23.2 Å². The Hall–Kier alpha value is -1.10. The molecule has 0 aromatic heterocycles. The second-order valence-electron chi connectivity index (χ2n) is 7.50. The highest BCUT2D eigenvalue weighted by Crippen LogP contribution is 2.55. The van der Waals surface area contributed by atoms with Gasteiger partial charge in [-0.3, -0.25) is 9.59 Å². The lowest BCUT2D eigenvalue weighted by Gasteiger charge is -2.36. The molecule has 4 atom stereocenters. The molecule has 0 bridgehead atoms. The van der Waals surface area contributed by atoms with E-state index < -0.39 is 5.97 Å². The molecule has 0 aromatic carbocycles. The van der Waals surface area contributed by atoms with Crippen molar-refractivity contribution in [3.05, 3.63) is 0 Å². The number of hydrogen-bond donors (Lipinski definition) is 1. The topological polar surface area (TPSA) is 66.8 Å². The number of carboxylic acid groups (broad SMARTS) is 1. The molecule has 22 heavy (non-hydrogen) atoms. The molecule has 1 amide bonds. The Morgan fingerprint density at radius 1 is 1.27 bits per heavy atom. The highest BCUT2D eigenvalue weighted by Gasteiger charge is 2.54. The van der Waals surface area contributed by atoms with Crippen molar-refractivity contribution < 1.29 is 19.4 Å². The third-order valence-corrected chi connectivity index (χ3v) is 6.23. The molecular formula is C17H27NO4. The van der Waals surface area contributed by atoms with Crippen LogP contribution < -0.4 is 0 Å². The fourth-order valence-corrected chi connectivity index (χ4v) is 4.19. The summed E-state index contributed by atoms with van der Waals surface area (Å²) in [4.78, 5) is 25.8. The van der Waals surface area contributed by atoms with Crippen LogP contribution in [0.1, 0.15) is 46.0 Å². The second kappa shape index (κ2) is 5.84. The van der Waals surface area contributed by atoms with E-state index in [0.29, 0.717) is 18.9 Å². The van der Waals surface area contributed by atoms with Gasteiger partial charge in [0.2, 0.25) is 5.91 Å². The zero-order valence-corrected chi connectivity index (χ0v) is 13.6. The van der Waals surface area contributed by atoms with E-state index in [0.717, 1.165) is 38.8 Å². The van der Waals surface area contributed by atoms with E-state index in [-0.39, 0.29) is 29.3 Å². The molecule has 1 saturated carbocycles. The normalized spacial score (nSPS) is 39.0. The molecule has 0 unspecified atom stereocenters. The molecule has 124 valence electrons. The number of hydrogen-bond acceptors (Lipinski definition) is 3. The minimum atomic E-state index is -0.738. The molecule has 3 aliphatic rings. The quantitative estimate of drug-likeness (QED) is 0.864. The van der Waals surface area contributed by atoms with E-state index in [1.165, 1.54) is 0 Å². The second-order valence-corrected chi connectivity index (χ2v) is 7.50. The van der Waals surface area contributed by atoms with Crippen molar-refractivity contribution in [2.75, 3.05) is 19.7 Å². The molecule has 2 heterocycles. The van der Waals surface area contributed by atoms with Gasteiger partial charge in [-0.2, -0.15) is 0 Å². The number of ether oxygens (including phenoxy) is 1. The number of carbonyl (C=O) groups excluding carboxylic acids is 1. The van der Waals surface area contributed by atoms with E-state index in [9.17, 15) is 14.7 Å². The number of carbonyl (C=O) groups is 2. The zero-order valence-electron chi connectivity index (χ0n) is 13.6. The van der Waals surface area contributed by atoms with Crippen LogP contribution in [0.3, 0.4) is 0 Å². The first-order valence-corrected chi connectivity index (χ1v) is 8.59. The first kappa shape index (κ1) is 15.8. The Balaban J connectivity index is 1.53. The van der Waals surface area contributed by atoms with Crippen LogP contribution in [-0.2, 0) is 14.3 Å². The summed E-state index contributed by atoms with van der Waals surface area (Å²) in [6, 6.07) is 0. The van der Waals surface area contributed by atoms with Crippen LogP contribution in [0.15, 0.2) is 0 Å². The van der Waals surface area contributed by atoms with Gasteiger partial charge in [0, 0.05) is 25.6 Å². The maximum atomic E-state index is 12.5. The Bertz CT molecular complexity index is 458. The van der Waals surface area contributed by atoms with E-state index in [1.54, 1.807) is 0 Å². The highest BCUT2D eigenvalue weighted by atomic mass is 16.5. The SMILES string of the molecule is CC[C@]1(C)C[C@@H]1C(=O)N1CCC([C@@H]2OCC[C@H]2C(=O)O)CC1. The van der Waals surface area contributed by atoms with Crippen LogP contribution >= 0.6 is 0 Å². The maximum absolute atomic E-state index is 12.5. The number of aliphatic carboxylic acids is 1. The third-order valence-electron chi connectivity index (χ3n) is 6.23. The number of carboxylic acids is 1. The number of piperidine rings is 1. The monoisotopic (exact) mass is 309 g/mol. The van der Waals surface area contributed by atoms with Crippen molar-refractivity contribution >= 4 is 11.9 Å². The van der Waals surface area contributed by atoms with Gasteiger partial charge in [-0.05, 0) is 43.4 Å². The van der Waals surface area contributed by atoms with Crippen molar-refractivity contribution in [3.63, 3.8) is 0 Å². The van der Waals surface area contributed by atoms with Gasteiger partial charge in [0.05, 0.1) is 12.0 Å². The molecule has 0 aromatic rings. The predicted molar refractivity (Wildman–Crippen MR) is 81.3 cm³/mol. The molecule has 2 aliphatic heterocycles. The Morgan fingerprint density at radius 2 is 1.95 bits per heavy atom. The Labute approximate surface area is 132 Å². The maximum Gasteiger partial charge on any atom is 0.309 e. The Morgan fingerprint density at radius 3 is 2.50 bits per heavy atom. The van der Waals surface area contributed by atoms with Gasteiger partial charge >= 0.3 is 5.97 Å². The summed E-state index contributed by atoms with van der Waals surface area (Å²) >= 11 is 0. The third kappa shape index (κ3) is 2.75. The van der Waals surface area contributed by atoms with Gasteiger partial charge in [0.1, 0.15) is 0 Å². The van der Waals surface area contributed by atoms with Gasteiger partial charge in [-0.1, -0.05) is 13.8 Å². The lowest BCUT2D eigenvalue weighted by Crippen LogP contribution is -2.44. The molecule has 1 N–H and O–H groups in total. The number of amides is 1. The van der Waals surface area contributed by atoms with Crippen molar-refractivity contribution in [2.45, 2.75) is 52.1 Å². The summed E-state index contributed by atoms with van der Waals surface area (Å²) < 4.78 is 5.69. The average Bonchev–Trinajstić information content (AvgIpc) is 2.98. The molecule has 5 heteroatoms. The Kier molecular flexibility index (Phi) is 4.19. The smallest absolute Gasteiger partial charge is 0.309 e. The summed E-state index contributed by atoms with van der Waals surface area (Å²) in [6.45, 7) is 6.42. The summed E-state index contributed by atoms with van der Waals surface area (Å²) in [5, 5.41) is 9.28. The molecule has 2 saturated heterocycles. The van der Waals surface area contributed by atoms with Gasteiger partial charge in [0.25, 0.3) is 0 Å². The molecular weight excluding hydrogens is 282 g/mol. The summed E-state index contributed by atoms with van der Waals surface area (Å²) in [5.41, 5.74) is 0.219. The van der Waals surface area contributed by atoms with E-state index >= 15 is 0 Å². The van der Waals surface area contributed by atoms with Crippen molar-refractivity contribution in [2.24, 2.45) is 23.2 Å². The van der Waals surface area contributed by atoms with Crippen molar-refractivity contribution in [1.29, 1.82) is 0 Å². The summed E-state index contributed by atoms with van der Waals surface area (Å²) in [7, 11) is 0. The van der Waals surface area contributed by atoms with Crippen LogP contribution in [0.4, 0.5) is 0 Å². The van der Waals surface area contributed by atoms with Crippen molar-refractivity contribution in [3.8, 4) is 0 Å². The molecule has 0 spiro atoms. The standard InChI is InChI=1S/C17H27NO4/c1-3-17(2)10-13(17)15(19)18-7-4-11(5-8-18)14-12(16(20)21)6-9-22-14/h11-14H,3-10H2,1-2H3,(H,20,21)/t12-,13-,14+,17-/m1/s1. The number of likely N-dealkylation sites (tertiary alicyclic amines) is 1. The van der Waals surface area contributed by atoms with Crippen LogP contribution in [0.5, 0.6) is 0 Å². The molecule has 0 radical (unpaired) electrons. The van der Waals surface area contributed by atoms with Gasteiger partial charge in [0.15, 0.2) is 0 Å². The summed E-state index contributed by atoms with van der Waals surface area (Å²) in [5.74, 6) is -0.297. The predicted octanol–water partition coefficient (Wildman–Crippen LogP) is 2.15. The molecule has 3 fully saturated rings. The average molecular weight is 309 g/mol. The van der Waals surface area contributed by atoms with E-state index in [4.69, 9.17) is 4.74 Å². The number of nitrogens with zero attached hydrogens (tertiary/aromatic N) is 1. The van der Waals surface area contributed by atoms with Crippen LogP contribution in [0.2, 0.25) is 0 Å². The van der Waals surface area contributed by atoms with E-state index in [2.05, 4.69) is 13.8 Å². The van der Waals surface area contributed by atoms with E-state index in [1.807, 2.05) is 4.90 Å². The molecule has 5 nitrogen and oxygen atoms in total. The van der Waals surface area contributed by atoms with Gasteiger partial charge in [-0.15, -0.1) is 0 Å². The fraction of sp³-hybridized carbons (Fsp3) is 0.882. The van der Waals surface area contributed by atoms with Gasteiger partial charge in [-0.25, -0.2) is 0 Å². The van der Waals surface area contributed by atoms with Crippen molar-refractivity contribution in [1.82, 2.24) is 4.90 Å². The zero-order chi connectivity index (χ0) is 15.9. The lowest BCUT2D eigenvalue weighted by atomic mass is 9.84. The number of rotatable bonds is 4. The molecule has 1 aliphatic carbocycles.